The standard InChI is InChI=1S/C16H23NO2/c18-12-16(7-9-19-10-8-16)17-11-14-3-1-2-4-15(14)13-5-6-13/h1-4,13,17-18H,5-12H2. The average molecular weight is 261 g/mol. The molecule has 0 unspecified atom stereocenters. The first kappa shape index (κ1) is 13.1. The summed E-state index contributed by atoms with van der Waals surface area (Å²) in [5, 5.41) is 13.3. The van der Waals surface area contributed by atoms with Crippen molar-refractivity contribution in [1.29, 1.82) is 0 Å². The molecule has 1 aliphatic heterocycles. The van der Waals surface area contributed by atoms with Gasteiger partial charge in [-0.3, -0.25) is 0 Å². The number of hydrogen-bond donors (Lipinski definition) is 2. The monoisotopic (exact) mass is 261 g/mol. The zero-order valence-corrected chi connectivity index (χ0v) is 11.4. The third kappa shape index (κ3) is 2.99. The third-order valence-corrected chi connectivity index (χ3v) is 4.48. The van der Waals surface area contributed by atoms with E-state index in [1.54, 1.807) is 0 Å². The highest BCUT2D eigenvalue weighted by Crippen LogP contribution is 2.41. The van der Waals surface area contributed by atoms with E-state index in [0.29, 0.717) is 0 Å². The number of hydrogen-bond acceptors (Lipinski definition) is 3. The molecule has 1 aliphatic carbocycles. The Kier molecular flexibility index (Phi) is 3.87. The largest absolute Gasteiger partial charge is 0.394 e. The van der Waals surface area contributed by atoms with Crippen molar-refractivity contribution in [3.8, 4) is 0 Å². The minimum absolute atomic E-state index is 0.144. The van der Waals surface area contributed by atoms with E-state index in [9.17, 15) is 5.11 Å². The molecule has 1 saturated heterocycles. The molecule has 3 nitrogen and oxygen atoms in total. The van der Waals surface area contributed by atoms with Gasteiger partial charge in [-0.15, -0.1) is 0 Å². The van der Waals surface area contributed by atoms with E-state index in [1.165, 1.54) is 24.0 Å². The number of ether oxygens (including phenoxy) is 1. The highest BCUT2D eigenvalue weighted by Gasteiger charge is 2.32. The fourth-order valence-electron chi connectivity index (χ4n) is 2.92. The molecule has 0 radical (unpaired) electrons. The lowest BCUT2D eigenvalue weighted by atomic mass is 9.90. The van der Waals surface area contributed by atoms with Crippen molar-refractivity contribution in [2.45, 2.75) is 43.7 Å². The van der Waals surface area contributed by atoms with Crippen LogP contribution in [0.5, 0.6) is 0 Å². The van der Waals surface area contributed by atoms with Crippen LogP contribution in [0.2, 0.25) is 0 Å². The highest BCUT2D eigenvalue weighted by atomic mass is 16.5. The molecule has 3 heteroatoms. The van der Waals surface area contributed by atoms with Crippen molar-refractivity contribution < 1.29 is 9.84 Å². The summed E-state index contributed by atoms with van der Waals surface area (Å²) >= 11 is 0. The zero-order chi connectivity index (χ0) is 13.1. The molecular weight excluding hydrogens is 238 g/mol. The van der Waals surface area contributed by atoms with Crippen molar-refractivity contribution >= 4 is 0 Å². The first-order valence-corrected chi connectivity index (χ1v) is 7.34. The van der Waals surface area contributed by atoms with Crippen molar-refractivity contribution in [2.24, 2.45) is 0 Å². The Morgan fingerprint density at radius 1 is 1.21 bits per heavy atom. The van der Waals surface area contributed by atoms with Crippen LogP contribution in [0.4, 0.5) is 0 Å². The average Bonchev–Trinajstić information content (AvgIpc) is 3.31. The summed E-state index contributed by atoms with van der Waals surface area (Å²) in [6.07, 6.45) is 4.45. The molecule has 0 bridgehead atoms. The quantitative estimate of drug-likeness (QED) is 0.854. The van der Waals surface area contributed by atoms with Gasteiger partial charge in [-0.25, -0.2) is 0 Å². The minimum atomic E-state index is -0.144. The zero-order valence-electron chi connectivity index (χ0n) is 11.4. The highest BCUT2D eigenvalue weighted by molar-refractivity contribution is 5.33. The molecule has 2 aliphatic rings. The van der Waals surface area contributed by atoms with Crippen molar-refractivity contribution in [3.63, 3.8) is 0 Å². The molecule has 3 rings (SSSR count). The van der Waals surface area contributed by atoms with Crippen molar-refractivity contribution in [2.75, 3.05) is 19.8 Å². The topological polar surface area (TPSA) is 41.5 Å². The Morgan fingerprint density at radius 3 is 2.63 bits per heavy atom. The summed E-state index contributed by atoms with van der Waals surface area (Å²) in [6, 6.07) is 8.71. The molecule has 0 atom stereocenters. The van der Waals surface area contributed by atoms with Gasteiger partial charge in [-0.1, -0.05) is 24.3 Å². The molecule has 1 aromatic carbocycles. The van der Waals surface area contributed by atoms with Gasteiger partial charge in [0.1, 0.15) is 0 Å². The molecule has 104 valence electrons. The summed E-state index contributed by atoms with van der Waals surface area (Å²) < 4.78 is 5.40. The van der Waals surface area contributed by atoms with Gasteiger partial charge in [0, 0.05) is 25.3 Å². The summed E-state index contributed by atoms with van der Waals surface area (Å²) in [5.74, 6) is 0.776. The predicted molar refractivity (Wildman–Crippen MR) is 75.1 cm³/mol. The van der Waals surface area contributed by atoms with Gasteiger partial charge in [0.2, 0.25) is 0 Å². The van der Waals surface area contributed by atoms with E-state index in [4.69, 9.17) is 4.74 Å². The lowest BCUT2D eigenvalue weighted by molar-refractivity contribution is 0.0111. The Balaban J connectivity index is 1.67. The second-order valence-corrected chi connectivity index (χ2v) is 5.88. The summed E-state index contributed by atoms with van der Waals surface area (Å²) in [5.41, 5.74) is 2.74. The first-order chi connectivity index (χ1) is 9.33. The van der Waals surface area contributed by atoms with Gasteiger partial charge in [0.25, 0.3) is 0 Å². The normalized spacial score (nSPS) is 22.4. The SMILES string of the molecule is OCC1(NCc2ccccc2C2CC2)CCOCC1. The van der Waals surface area contributed by atoms with E-state index in [1.807, 2.05) is 0 Å². The summed E-state index contributed by atoms with van der Waals surface area (Å²) in [6.45, 7) is 2.55. The molecule has 0 amide bonds. The van der Waals surface area contributed by atoms with Crippen LogP contribution in [0.3, 0.4) is 0 Å². The second kappa shape index (κ2) is 5.61. The second-order valence-electron chi connectivity index (χ2n) is 5.88. The van der Waals surface area contributed by atoms with Gasteiger partial charge < -0.3 is 15.2 Å². The van der Waals surface area contributed by atoms with Crippen LogP contribution in [0.25, 0.3) is 0 Å². The fourth-order valence-corrected chi connectivity index (χ4v) is 2.92. The van der Waals surface area contributed by atoms with Crippen LogP contribution in [0.1, 0.15) is 42.7 Å². The lowest BCUT2D eigenvalue weighted by Crippen LogP contribution is -2.51. The molecule has 2 fully saturated rings. The molecule has 1 heterocycles. The first-order valence-electron chi connectivity index (χ1n) is 7.34. The van der Waals surface area contributed by atoms with Gasteiger partial charge >= 0.3 is 0 Å². The van der Waals surface area contributed by atoms with E-state index in [0.717, 1.165) is 38.5 Å². The van der Waals surface area contributed by atoms with Crippen LogP contribution in [0.15, 0.2) is 24.3 Å². The van der Waals surface area contributed by atoms with Crippen LogP contribution in [-0.2, 0) is 11.3 Å². The summed E-state index contributed by atoms with van der Waals surface area (Å²) in [7, 11) is 0. The van der Waals surface area contributed by atoms with E-state index in [-0.39, 0.29) is 12.1 Å². The number of rotatable bonds is 5. The van der Waals surface area contributed by atoms with Crippen LogP contribution in [-0.4, -0.2) is 30.5 Å². The Bertz CT molecular complexity index is 423. The van der Waals surface area contributed by atoms with Gasteiger partial charge in [0.05, 0.1) is 6.61 Å². The van der Waals surface area contributed by atoms with Crippen LogP contribution >= 0.6 is 0 Å². The Morgan fingerprint density at radius 2 is 1.95 bits per heavy atom. The Labute approximate surface area is 115 Å². The summed E-state index contributed by atoms with van der Waals surface area (Å²) in [4.78, 5) is 0. The Hall–Kier alpha value is -0.900. The minimum Gasteiger partial charge on any atom is -0.394 e. The van der Waals surface area contributed by atoms with E-state index < -0.39 is 0 Å². The maximum Gasteiger partial charge on any atom is 0.0615 e. The molecule has 1 aromatic rings. The molecule has 2 N–H and O–H groups in total. The molecule has 0 aromatic heterocycles. The van der Waals surface area contributed by atoms with E-state index >= 15 is 0 Å². The molecular formula is C16H23NO2. The number of aliphatic hydroxyl groups excluding tert-OH is 1. The predicted octanol–water partition coefficient (Wildman–Crippen LogP) is 2.20. The van der Waals surface area contributed by atoms with Gasteiger partial charge in [0.15, 0.2) is 0 Å². The van der Waals surface area contributed by atoms with E-state index in [2.05, 4.69) is 29.6 Å². The van der Waals surface area contributed by atoms with Crippen LogP contribution in [0, 0.1) is 0 Å². The van der Waals surface area contributed by atoms with Crippen molar-refractivity contribution in [1.82, 2.24) is 5.32 Å². The molecule has 19 heavy (non-hydrogen) atoms. The number of benzene rings is 1. The van der Waals surface area contributed by atoms with Gasteiger partial charge in [-0.05, 0) is 42.7 Å². The lowest BCUT2D eigenvalue weighted by Gasteiger charge is -2.36. The smallest absolute Gasteiger partial charge is 0.0615 e. The molecule has 0 spiro atoms. The number of nitrogens with one attached hydrogen (secondary N) is 1. The number of aliphatic hydroxyl groups is 1. The van der Waals surface area contributed by atoms with Crippen LogP contribution < -0.4 is 5.32 Å². The van der Waals surface area contributed by atoms with Crippen molar-refractivity contribution in [3.05, 3.63) is 35.4 Å². The maximum atomic E-state index is 9.69. The van der Waals surface area contributed by atoms with Gasteiger partial charge in [-0.2, -0.15) is 0 Å². The third-order valence-electron chi connectivity index (χ3n) is 4.48. The maximum absolute atomic E-state index is 9.69. The fraction of sp³-hybridized carbons (Fsp3) is 0.625. The molecule has 1 saturated carbocycles.